The SMILES string of the molecule is CCNC(=NCC(=O)N1CCCC1)NCC(c1ccsc1)N(CC)CC. The van der Waals surface area contributed by atoms with Crippen molar-refractivity contribution in [3.05, 3.63) is 22.4 Å². The first kappa shape index (κ1) is 20.7. The number of likely N-dealkylation sites (N-methyl/N-ethyl adjacent to an activating group) is 1. The van der Waals surface area contributed by atoms with Gasteiger partial charge in [-0.1, -0.05) is 13.8 Å². The molecule has 1 atom stereocenters. The predicted octanol–water partition coefficient (Wildman–Crippen LogP) is 2.31. The van der Waals surface area contributed by atoms with Crippen molar-refractivity contribution < 1.29 is 4.79 Å². The number of carbonyl (C=O) groups excluding carboxylic acids is 1. The molecule has 2 rings (SSSR count). The van der Waals surface area contributed by atoms with Crippen LogP contribution in [0.4, 0.5) is 0 Å². The summed E-state index contributed by atoms with van der Waals surface area (Å²) in [5, 5.41) is 11.0. The Morgan fingerprint density at radius 1 is 1.27 bits per heavy atom. The number of guanidine groups is 1. The van der Waals surface area contributed by atoms with E-state index in [0.717, 1.165) is 52.1 Å². The first-order valence-corrected chi connectivity index (χ1v) is 10.7. The van der Waals surface area contributed by atoms with Gasteiger partial charge in [-0.05, 0) is 55.2 Å². The van der Waals surface area contributed by atoms with Gasteiger partial charge in [0, 0.05) is 26.2 Å². The van der Waals surface area contributed by atoms with Gasteiger partial charge < -0.3 is 15.5 Å². The van der Waals surface area contributed by atoms with Crippen molar-refractivity contribution in [3.63, 3.8) is 0 Å². The number of thiophene rings is 1. The second-order valence-corrected chi connectivity index (χ2v) is 7.24. The van der Waals surface area contributed by atoms with Crippen LogP contribution in [0, 0.1) is 0 Å². The Balaban J connectivity index is 1.97. The first-order valence-electron chi connectivity index (χ1n) is 9.75. The number of hydrogen-bond donors (Lipinski definition) is 2. The van der Waals surface area contributed by atoms with E-state index in [0.29, 0.717) is 12.0 Å². The molecule has 1 aromatic heterocycles. The molecule has 6 nitrogen and oxygen atoms in total. The lowest BCUT2D eigenvalue weighted by Crippen LogP contribution is -2.43. The number of likely N-dealkylation sites (tertiary alicyclic amines) is 1. The van der Waals surface area contributed by atoms with E-state index in [1.807, 2.05) is 11.8 Å². The Bertz CT molecular complexity index is 550. The molecule has 1 amide bonds. The van der Waals surface area contributed by atoms with Gasteiger partial charge in [0.1, 0.15) is 6.54 Å². The molecule has 0 saturated carbocycles. The quantitative estimate of drug-likeness (QED) is 0.511. The van der Waals surface area contributed by atoms with Crippen LogP contribution in [-0.2, 0) is 4.79 Å². The van der Waals surface area contributed by atoms with Crippen LogP contribution in [0.25, 0.3) is 0 Å². The van der Waals surface area contributed by atoms with Crippen molar-refractivity contribution in [1.29, 1.82) is 0 Å². The molecule has 7 heteroatoms. The van der Waals surface area contributed by atoms with Crippen molar-refractivity contribution in [2.75, 3.05) is 45.8 Å². The van der Waals surface area contributed by atoms with E-state index >= 15 is 0 Å². The van der Waals surface area contributed by atoms with Gasteiger partial charge in [-0.25, -0.2) is 4.99 Å². The summed E-state index contributed by atoms with van der Waals surface area (Å²) in [5.41, 5.74) is 1.33. The second-order valence-electron chi connectivity index (χ2n) is 6.46. The largest absolute Gasteiger partial charge is 0.357 e. The van der Waals surface area contributed by atoms with E-state index in [1.165, 1.54) is 5.56 Å². The maximum absolute atomic E-state index is 12.2. The van der Waals surface area contributed by atoms with Gasteiger partial charge in [-0.2, -0.15) is 11.3 Å². The third kappa shape index (κ3) is 5.99. The van der Waals surface area contributed by atoms with E-state index in [2.05, 4.69) is 51.2 Å². The fraction of sp³-hybridized carbons (Fsp3) is 0.684. The Labute approximate surface area is 161 Å². The zero-order chi connectivity index (χ0) is 18.8. The number of amides is 1. The van der Waals surface area contributed by atoms with E-state index in [-0.39, 0.29) is 12.5 Å². The third-order valence-corrected chi connectivity index (χ3v) is 5.52. The molecular weight excluding hydrogens is 346 g/mol. The number of aliphatic imine (C=N–C) groups is 1. The van der Waals surface area contributed by atoms with Crippen LogP contribution in [0.15, 0.2) is 21.8 Å². The average molecular weight is 380 g/mol. The molecule has 2 N–H and O–H groups in total. The Morgan fingerprint density at radius 2 is 2.00 bits per heavy atom. The highest BCUT2D eigenvalue weighted by molar-refractivity contribution is 7.07. The monoisotopic (exact) mass is 379 g/mol. The summed E-state index contributed by atoms with van der Waals surface area (Å²) in [5.74, 6) is 0.838. The fourth-order valence-electron chi connectivity index (χ4n) is 3.34. The van der Waals surface area contributed by atoms with Gasteiger partial charge in [-0.3, -0.25) is 9.69 Å². The zero-order valence-corrected chi connectivity index (χ0v) is 17.1. The maximum atomic E-state index is 12.2. The van der Waals surface area contributed by atoms with Crippen LogP contribution in [0.5, 0.6) is 0 Å². The lowest BCUT2D eigenvalue weighted by Gasteiger charge is -2.30. The average Bonchev–Trinajstić information content (AvgIpc) is 3.36. The minimum atomic E-state index is 0.123. The highest BCUT2D eigenvalue weighted by Gasteiger charge is 2.20. The summed E-state index contributed by atoms with van der Waals surface area (Å²) in [6, 6.07) is 2.49. The topological polar surface area (TPSA) is 60.0 Å². The van der Waals surface area contributed by atoms with Gasteiger partial charge in [-0.15, -0.1) is 0 Å². The maximum Gasteiger partial charge on any atom is 0.244 e. The van der Waals surface area contributed by atoms with E-state index in [4.69, 9.17) is 0 Å². The molecule has 0 aliphatic carbocycles. The predicted molar refractivity (Wildman–Crippen MR) is 110 cm³/mol. The molecule has 1 aromatic rings. The number of hydrogen-bond acceptors (Lipinski definition) is 4. The molecule has 0 bridgehead atoms. The Morgan fingerprint density at radius 3 is 2.58 bits per heavy atom. The molecule has 146 valence electrons. The lowest BCUT2D eigenvalue weighted by molar-refractivity contribution is -0.128. The second kappa shape index (κ2) is 11.2. The number of carbonyl (C=O) groups is 1. The molecule has 26 heavy (non-hydrogen) atoms. The minimum absolute atomic E-state index is 0.123. The number of nitrogens with zero attached hydrogens (tertiary/aromatic N) is 3. The first-order chi connectivity index (χ1) is 12.7. The van der Waals surface area contributed by atoms with Crippen molar-refractivity contribution in [2.24, 2.45) is 4.99 Å². The van der Waals surface area contributed by atoms with Gasteiger partial charge in [0.25, 0.3) is 0 Å². The molecule has 0 aromatic carbocycles. The molecule has 0 spiro atoms. The summed E-state index contributed by atoms with van der Waals surface area (Å²) in [7, 11) is 0. The summed E-state index contributed by atoms with van der Waals surface area (Å²) in [4.78, 5) is 21.1. The van der Waals surface area contributed by atoms with Crippen molar-refractivity contribution in [3.8, 4) is 0 Å². The van der Waals surface area contributed by atoms with Gasteiger partial charge in [0.15, 0.2) is 5.96 Å². The smallest absolute Gasteiger partial charge is 0.244 e. The lowest BCUT2D eigenvalue weighted by atomic mass is 10.1. The molecular formula is C19H33N5OS. The van der Waals surface area contributed by atoms with Crippen molar-refractivity contribution in [1.82, 2.24) is 20.4 Å². The van der Waals surface area contributed by atoms with Crippen LogP contribution >= 0.6 is 11.3 Å². The summed E-state index contributed by atoms with van der Waals surface area (Å²) in [6.07, 6.45) is 2.22. The standard InChI is InChI=1S/C19H33N5OS/c1-4-20-19(22-14-18(25)24-10-7-8-11-24)21-13-17(23(5-2)6-3)16-9-12-26-15-16/h9,12,15,17H,4-8,10-11,13-14H2,1-3H3,(H2,20,21,22). The molecule has 0 radical (unpaired) electrons. The van der Waals surface area contributed by atoms with Crippen molar-refractivity contribution in [2.45, 2.75) is 39.7 Å². The highest BCUT2D eigenvalue weighted by Crippen LogP contribution is 2.22. The molecule has 1 fully saturated rings. The Hall–Kier alpha value is -1.60. The Kier molecular flexibility index (Phi) is 8.91. The zero-order valence-electron chi connectivity index (χ0n) is 16.3. The van der Waals surface area contributed by atoms with E-state index < -0.39 is 0 Å². The van der Waals surface area contributed by atoms with Gasteiger partial charge in [0.05, 0.1) is 6.04 Å². The van der Waals surface area contributed by atoms with E-state index in [1.54, 1.807) is 11.3 Å². The third-order valence-electron chi connectivity index (χ3n) is 4.82. The van der Waals surface area contributed by atoms with Gasteiger partial charge >= 0.3 is 0 Å². The molecule has 1 unspecified atom stereocenters. The van der Waals surface area contributed by atoms with Gasteiger partial charge in [0.2, 0.25) is 5.91 Å². The summed E-state index contributed by atoms with van der Waals surface area (Å²) in [6.45, 7) is 11.9. The molecule has 1 saturated heterocycles. The normalized spacial score (nSPS) is 16.2. The molecule has 1 aliphatic heterocycles. The minimum Gasteiger partial charge on any atom is -0.357 e. The van der Waals surface area contributed by atoms with Crippen LogP contribution in [-0.4, -0.2) is 67.5 Å². The van der Waals surface area contributed by atoms with Crippen LogP contribution in [0.2, 0.25) is 0 Å². The van der Waals surface area contributed by atoms with Crippen LogP contribution < -0.4 is 10.6 Å². The van der Waals surface area contributed by atoms with Crippen molar-refractivity contribution >= 4 is 23.2 Å². The number of nitrogens with one attached hydrogen (secondary N) is 2. The summed E-state index contributed by atoms with van der Waals surface area (Å²) >= 11 is 1.73. The fourth-order valence-corrected chi connectivity index (χ4v) is 4.04. The van der Waals surface area contributed by atoms with Crippen LogP contribution in [0.3, 0.4) is 0 Å². The summed E-state index contributed by atoms with van der Waals surface area (Å²) < 4.78 is 0. The number of rotatable bonds is 9. The molecule has 1 aliphatic rings. The van der Waals surface area contributed by atoms with E-state index in [9.17, 15) is 4.79 Å². The van der Waals surface area contributed by atoms with Crippen LogP contribution in [0.1, 0.15) is 45.2 Å². The molecule has 2 heterocycles. The highest BCUT2D eigenvalue weighted by atomic mass is 32.1.